The molecule has 1 atom stereocenters. The van der Waals surface area contributed by atoms with Crippen molar-refractivity contribution in [2.45, 2.75) is 26.8 Å². The zero-order valence-electron chi connectivity index (χ0n) is 15.4. The van der Waals surface area contributed by atoms with Crippen molar-refractivity contribution < 1.29 is 4.92 Å². The molecule has 0 bridgehead atoms. The van der Waals surface area contributed by atoms with Crippen molar-refractivity contribution in [1.29, 1.82) is 0 Å². The number of hydrogen-bond acceptors (Lipinski definition) is 6. The van der Waals surface area contributed by atoms with Gasteiger partial charge in [0.25, 0.3) is 0 Å². The van der Waals surface area contributed by atoms with Crippen molar-refractivity contribution in [1.82, 2.24) is 9.97 Å². The summed E-state index contributed by atoms with van der Waals surface area (Å²) in [5, 5.41) is 18.0. The van der Waals surface area contributed by atoms with Gasteiger partial charge >= 0.3 is 5.69 Å². The molecule has 138 valence electrons. The third-order valence-corrected chi connectivity index (χ3v) is 4.30. The van der Waals surface area contributed by atoms with E-state index in [0.717, 1.165) is 22.4 Å². The van der Waals surface area contributed by atoms with Gasteiger partial charge in [-0.25, -0.2) is 9.97 Å². The smallest absolute Gasteiger partial charge is 0.353 e. The number of benzene rings is 2. The molecule has 0 amide bonds. The lowest BCUT2D eigenvalue weighted by molar-refractivity contribution is -0.383. The Labute approximate surface area is 157 Å². The Kier molecular flexibility index (Phi) is 5.30. The summed E-state index contributed by atoms with van der Waals surface area (Å²) in [6.45, 7) is 5.83. The van der Waals surface area contributed by atoms with Crippen LogP contribution in [0.15, 0.2) is 54.9 Å². The van der Waals surface area contributed by atoms with Gasteiger partial charge in [0.1, 0.15) is 6.33 Å². The van der Waals surface area contributed by atoms with Crippen molar-refractivity contribution in [3.63, 3.8) is 0 Å². The highest BCUT2D eigenvalue weighted by Gasteiger charge is 2.24. The summed E-state index contributed by atoms with van der Waals surface area (Å²) < 4.78 is 0. The van der Waals surface area contributed by atoms with Gasteiger partial charge in [-0.05, 0) is 43.5 Å². The van der Waals surface area contributed by atoms with E-state index in [0.29, 0.717) is 0 Å². The van der Waals surface area contributed by atoms with E-state index in [1.807, 2.05) is 69.3 Å². The number of hydrogen-bond donors (Lipinski definition) is 2. The summed E-state index contributed by atoms with van der Waals surface area (Å²) in [6.07, 6.45) is 1.32. The Morgan fingerprint density at radius 1 is 1.04 bits per heavy atom. The Balaban J connectivity index is 1.95. The van der Waals surface area contributed by atoms with Crippen LogP contribution in [0.3, 0.4) is 0 Å². The molecule has 7 heteroatoms. The molecule has 3 aromatic rings. The highest BCUT2D eigenvalue weighted by atomic mass is 16.6. The Morgan fingerprint density at radius 3 is 2.44 bits per heavy atom. The molecule has 27 heavy (non-hydrogen) atoms. The van der Waals surface area contributed by atoms with Crippen LogP contribution in [0.25, 0.3) is 0 Å². The fraction of sp³-hybridized carbons (Fsp3) is 0.200. The first-order valence-electron chi connectivity index (χ1n) is 8.61. The fourth-order valence-corrected chi connectivity index (χ4v) is 2.78. The van der Waals surface area contributed by atoms with Crippen LogP contribution >= 0.6 is 0 Å². The first kappa shape index (κ1) is 18.3. The molecule has 0 saturated carbocycles. The normalized spacial score (nSPS) is 11.7. The predicted octanol–water partition coefficient (Wildman–Crippen LogP) is 4.92. The summed E-state index contributed by atoms with van der Waals surface area (Å²) in [5.74, 6) is 0.339. The van der Waals surface area contributed by atoms with Crippen molar-refractivity contribution in [2.75, 3.05) is 10.6 Å². The average molecular weight is 363 g/mol. The maximum atomic E-state index is 11.7. The molecular weight excluding hydrogens is 342 g/mol. The van der Waals surface area contributed by atoms with E-state index in [1.54, 1.807) is 0 Å². The van der Waals surface area contributed by atoms with Crippen molar-refractivity contribution in [3.05, 3.63) is 81.7 Å². The number of nitrogens with zero attached hydrogens (tertiary/aromatic N) is 3. The first-order chi connectivity index (χ1) is 13.0. The number of aryl methyl sites for hydroxylation is 2. The summed E-state index contributed by atoms with van der Waals surface area (Å²) in [4.78, 5) is 19.5. The second kappa shape index (κ2) is 7.82. The third-order valence-electron chi connectivity index (χ3n) is 4.30. The van der Waals surface area contributed by atoms with Gasteiger partial charge in [0.2, 0.25) is 11.6 Å². The van der Waals surface area contributed by atoms with Crippen molar-refractivity contribution in [3.8, 4) is 0 Å². The van der Waals surface area contributed by atoms with Gasteiger partial charge in [0, 0.05) is 5.69 Å². The minimum absolute atomic E-state index is 0.145. The molecule has 0 aliphatic carbocycles. The molecule has 0 aliphatic rings. The van der Waals surface area contributed by atoms with Crippen molar-refractivity contribution in [2.24, 2.45) is 0 Å². The number of anilines is 3. The number of nitrogens with one attached hydrogen (secondary N) is 2. The summed E-state index contributed by atoms with van der Waals surface area (Å²) >= 11 is 0. The van der Waals surface area contributed by atoms with E-state index in [-0.39, 0.29) is 23.4 Å². The lowest BCUT2D eigenvalue weighted by atomic mass is 10.1. The van der Waals surface area contributed by atoms with E-state index in [9.17, 15) is 10.1 Å². The van der Waals surface area contributed by atoms with Crippen LogP contribution in [0.1, 0.15) is 29.7 Å². The van der Waals surface area contributed by atoms with E-state index in [2.05, 4.69) is 20.6 Å². The molecule has 2 N–H and O–H groups in total. The lowest BCUT2D eigenvalue weighted by Gasteiger charge is -2.16. The zero-order chi connectivity index (χ0) is 19.4. The third kappa shape index (κ3) is 4.20. The van der Waals surface area contributed by atoms with Crippen LogP contribution in [0, 0.1) is 24.0 Å². The minimum Gasteiger partial charge on any atom is -0.358 e. The molecule has 7 nitrogen and oxygen atoms in total. The predicted molar refractivity (Wildman–Crippen MR) is 106 cm³/mol. The van der Waals surface area contributed by atoms with E-state index < -0.39 is 4.92 Å². The van der Waals surface area contributed by atoms with Gasteiger partial charge in [-0.15, -0.1) is 0 Å². The van der Waals surface area contributed by atoms with Gasteiger partial charge in [0.15, 0.2) is 0 Å². The first-order valence-corrected chi connectivity index (χ1v) is 8.61. The quantitative estimate of drug-likeness (QED) is 0.477. The van der Waals surface area contributed by atoms with Gasteiger partial charge in [-0.2, -0.15) is 0 Å². The molecule has 0 aliphatic heterocycles. The molecule has 1 unspecified atom stereocenters. The van der Waals surface area contributed by atoms with Crippen LogP contribution < -0.4 is 10.6 Å². The molecule has 1 heterocycles. The molecule has 0 saturated heterocycles. The Hall–Kier alpha value is -3.48. The van der Waals surface area contributed by atoms with E-state index in [4.69, 9.17) is 0 Å². The monoisotopic (exact) mass is 363 g/mol. The molecule has 0 fully saturated rings. The van der Waals surface area contributed by atoms with Crippen molar-refractivity contribution >= 4 is 23.0 Å². The molecule has 3 rings (SSSR count). The van der Waals surface area contributed by atoms with E-state index >= 15 is 0 Å². The standard InChI is InChI=1S/C20H21N5O2/c1-13-9-10-14(2)17(11-13)24-20-18(25(26)27)19(21-12-22-20)23-15(3)16-7-5-4-6-8-16/h4-12,15H,1-3H3,(H2,21,22,23,24). The zero-order valence-corrected chi connectivity index (χ0v) is 15.4. The highest BCUT2D eigenvalue weighted by molar-refractivity contribution is 5.75. The largest absolute Gasteiger partial charge is 0.358 e. The number of rotatable bonds is 6. The topological polar surface area (TPSA) is 93.0 Å². The maximum Gasteiger partial charge on any atom is 0.353 e. The lowest BCUT2D eigenvalue weighted by Crippen LogP contribution is -2.12. The van der Waals surface area contributed by atoms with Crippen LogP contribution in [-0.4, -0.2) is 14.9 Å². The Morgan fingerprint density at radius 2 is 1.74 bits per heavy atom. The second-order valence-corrected chi connectivity index (χ2v) is 6.40. The van der Waals surface area contributed by atoms with Gasteiger partial charge in [0.05, 0.1) is 11.0 Å². The van der Waals surface area contributed by atoms with Gasteiger partial charge in [-0.1, -0.05) is 42.5 Å². The van der Waals surface area contributed by atoms with Gasteiger partial charge < -0.3 is 10.6 Å². The summed E-state index contributed by atoms with van der Waals surface area (Å²) in [7, 11) is 0. The van der Waals surface area contributed by atoms with Crippen LogP contribution in [-0.2, 0) is 0 Å². The molecule has 0 radical (unpaired) electrons. The molecule has 2 aromatic carbocycles. The van der Waals surface area contributed by atoms with Gasteiger partial charge in [-0.3, -0.25) is 10.1 Å². The molecular formula is C20H21N5O2. The Bertz CT molecular complexity index is 960. The van der Waals surface area contributed by atoms with Crippen LogP contribution in [0.2, 0.25) is 0 Å². The fourth-order valence-electron chi connectivity index (χ4n) is 2.78. The van der Waals surface area contributed by atoms with Crippen LogP contribution in [0.4, 0.5) is 23.0 Å². The van der Waals surface area contributed by atoms with E-state index in [1.165, 1.54) is 6.33 Å². The molecule has 0 spiro atoms. The average Bonchev–Trinajstić information content (AvgIpc) is 2.65. The van der Waals surface area contributed by atoms with Crippen LogP contribution in [0.5, 0.6) is 0 Å². The maximum absolute atomic E-state index is 11.7. The minimum atomic E-state index is -0.465. The number of nitro groups is 1. The highest BCUT2D eigenvalue weighted by Crippen LogP contribution is 2.34. The summed E-state index contributed by atoms with van der Waals surface area (Å²) in [5.41, 5.74) is 3.63. The SMILES string of the molecule is Cc1ccc(C)c(Nc2ncnc(NC(C)c3ccccc3)c2[N+](=O)[O-])c1. The number of aromatic nitrogens is 2. The second-order valence-electron chi connectivity index (χ2n) is 6.40. The molecule has 1 aromatic heterocycles. The summed E-state index contributed by atoms with van der Waals surface area (Å²) in [6, 6.07) is 15.4.